The second-order valence-electron chi connectivity index (χ2n) is 5.64. The Morgan fingerprint density at radius 3 is 1.30 bits per heavy atom. The average molecular weight is 378 g/mol. The van der Waals surface area contributed by atoms with Crippen LogP contribution in [0.25, 0.3) is 0 Å². The van der Waals surface area contributed by atoms with Gasteiger partial charge in [0.25, 0.3) is 0 Å². The molecule has 0 spiro atoms. The standard InChI is InChI=1S/C12H20N2O2.C5H8O2.C2H2N2/c1-9(7-11(3)15)13-5-6-14-10(2)8-12(4)16;1-4(6)3-5(2)7;3-1-2-4/h5-8H2,1-4H3;3,6H,1-2H3;3-4H/b13-9+,14-10+;4-3-;. The number of hydrogen-bond donors (Lipinski definition) is 3. The predicted octanol–water partition coefficient (Wildman–Crippen LogP) is 2.94. The zero-order valence-electron chi connectivity index (χ0n) is 17.0. The molecule has 0 saturated heterocycles. The third kappa shape index (κ3) is 35.1. The number of aliphatic imine (C=N–C) groups is 2. The van der Waals surface area contributed by atoms with Gasteiger partial charge in [-0.3, -0.25) is 24.4 Å². The van der Waals surface area contributed by atoms with E-state index in [1.54, 1.807) is 25.6 Å². The number of aliphatic hydroxyl groups is 1. The monoisotopic (exact) mass is 378 g/mol. The fraction of sp³-hybridized carbons (Fsp3) is 0.526. The summed E-state index contributed by atoms with van der Waals surface area (Å²) in [5.74, 6) is 3.38. The van der Waals surface area contributed by atoms with E-state index in [9.17, 15) is 14.4 Å². The summed E-state index contributed by atoms with van der Waals surface area (Å²) in [4.78, 5) is 40.0. The van der Waals surface area contributed by atoms with E-state index in [4.69, 9.17) is 15.9 Å². The van der Waals surface area contributed by atoms with E-state index >= 15 is 0 Å². The van der Waals surface area contributed by atoms with Crippen molar-refractivity contribution in [3.8, 4) is 0 Å². The molecule has 0 atom stereocenters. The Balaban J connectivity index is -0.000000431. The van der Waals surface area contributed by atoms with Gasteiger partial charge in [-0.15, -0.1) is 0 Å². The Hall–Kier alpha value is -2.95. The molecular weight excluding hydrogens is 348 g/mol. The minimum Gasteiger partial charge on any atom is -0.512 e. The van der Waals surface area contributed by atoms with Crippen molar-refractivity contribution in [2.45, 2.75) is 54.4 Å². The first-order chi connectivity index (χ1) is 12.5. The molecule has 0 rings (SSSR count). The predicted molar refractivity (Wildman–Crippen MR) is 109 cm³/mol. The van der Waals surface area contributed by atoms with Gasteiger partial charge < -0.3 is 5.11 Å². The van der Waals surface area contributed by atoms with Gasteiger partial charge in [-0.1, -0.05) is 0 Å². The molecule has 0 unspecified atom stereocenters. The number of aliphatic hydroxyl groups excluding tert-OH is 1. The molecule has 8 heteroatoms. The highest BCUT2D eigenvalue weighted by atomic mass is 16.3. The molecule has 0 aliphatic carbocycles. The molecular formula is C19H30N4O4. The molecule has 0 aromatic rings. The summed E-state index contributed by atoms with van der Waals surface area (Å²) in [6.45, 7) is 10.8. The fourth-order valence-corrected chi connectivity index (χ4v) is 1.61. The lowest BCUT2D eigenvalue weighted by Crippen LogP contribution is -2.04. The number of ketones is 3. The maximum Gasteiger partial charge on any atom is 0.155 e. The van der Waals surface area contributed by atoms with Crippen molar-refractivity contribution in [2.75, 3.05) is 13.1 Å². The third-order valence-electron chi connectivity index (χ3n) is 2.35. The molecule has 0 fully saturated rings. The van der Waals surface area contributed by atoms with E-state index in [1.165, 1.54) is 19.9 Å². The van der Waals surface area contributed by atoms with E-state index in [0.717, 1.165) is 11.4 Å². The highest BCUT2D eigenvalue weighted by molar-refractivity contribution is 6.00. The van der Waals surface area contributed by atoms with E-state index in [2.05, 4.69) is 9.98 Å². The summed E-state index contributed by atoms with van der Waals surface area (Å²) >= 11 is 0. The van der Waals surface area contributed by atoms with Gasteiger partial charge in [0.05, 0.1) is 30.6 Å². The first kappa shape index (κ1) is 28.8. The van der Waals surface area contributed by atoms with Crippen molar-refractivity contribution in [1.29, 1.82) is 10.8 Å². The average Bonchev–Trinajstić information content (AvgIpc) is 2.49. The molecule has 27 heavy (non-hydrogen) atoms. The van der Waals surface area contributed by atoms with Crippen LogP contribution in [0, 0.1) is 10.8 Å². The number of carbonyl (C=O) groups excluding carboxylic acids is 3. The minimum absolute atomic E-state index is 0.0625. The molecule has 0 aliphatic heterocycles. The van der Waals surface area contributed by atoms with Crippen molar-refractivity contribution in [3.63, 3.8) is 0 Å². The second-order valence-corrected chi connectivity index (χ2v) is 5.64. The van der Waals surface area contributed by atoms with Gasteiger partial charge in [-0.05, 0) is 41.5 Å². The Kier molecular flexibility index (Phi) is 20.7. The van der Waals surface area contributed by atoms with Crippen LogP contribution in [0.15, 0.2) is 21.8 Å². The van der Waals surface area contributed by atoms with Crippen LogP contribution in [0.5, 0.6) is 0 Å². The molecule has 0 aromatic heterocycles. The van der Waals surface area contributed by atoms with Crippen molar-refractivity contribution in [2.24, 2.45) is 9.98 Å². The number of Topliss-reactive ketones (excluding diaryl/α,β-unsaturated/α-hetero) is 2. The minimum atomic E-state index is -0.125. The van der Waals surface area contributed by atoms with Crippen LogP contribution in [-0.4, -0.2) is 58.7 Å². The highest BCUT2D eigenvalue weighted by Gasteiger charge is 1.97. The van der Waals surface area contributed by atoms with Gasteiger partial charge in [-0.2, -0.15) is 0 Å². The van der Waals surface area contributed by atoms with Crippen LogP contribution in [0.3, 0.4) is 0 Å². The summed E-state index contributed by atoms with van der Waals surface area (Å²) < 4.78 is 0. The maximum absolute atomic E-state index is 10.8. The molecule has 0 radical (unpaired) electrons. The van der Waals surface area contributed by atoms with Gasteiger partial charge in [0.2, 0.25) is 0 Å². The van der Waals surface area contributed by atoms with Crippen molar-refractivity contribution >= 4 is 40.5 Å². The largest absolute Gasteiger partial charge is 0.512 e. The Bertz CT molecular complexity index is 605. The summed E-state index contributed by atoms with van der Waals surface area (Å²) in [5.41, 5.74) is 1.68. The Morgan fingerprint density at radius 2 is 1.15 bits per heavy atom. The molecule has 150 valence electrons. The van der Waals surface area contributed by atoms with Crippen LogP contribution >= 0.6 is 0 Å². The van der Waals surface area contributed by atoms with Crippen molar-refractivity contribution < 1.29 is 19.5 Å². The van der Waals surface area contributed by atoms with Gasteiger partial charge in [0.15, 0.2) is 5.78 Å². The summed E-state index contributed by atoms with van der Waals surface area (Å²) in [6, 6.07) is 0. The molecule has 0 heterocycles. The number of hydrogen-bond acceptors (Lipinski definition) is 8. The number of allylic oxidation sites excluding steroid dienone is 2. The van der Waals surface area contributed by atoms with Crippen LogP contribution in [0.1, 0.15) is 54.4 Å². The lowest BCUT2D eigenvalue weighted by atomic mass is 10.2. The molecule has 0 aromatic carbocycles. The molecule has 0 amide bonds. The molecule has 0 aliphatic rings. The van der Waals surface area contributed by atoms with Crippen LogP contribution in [0.4, 0.5) is 0 Å². The van der Waals surface area contributed by atoms with Crippen LogP contribution < -0.4 is 0 Å². The number of rotatable bonds is 8. The third-order valence-corrected chi connectivity index (χ3v) is 2.35. The van der Waals surface area contributed by atoms with E-state index < -0.39 is 0 Å². The Labute approximate surface area is 160 Å². The van der Waals surface area contributed by atoms with E-state index in [1.807, 2.05) is 13.8 Å². The number of nitrogens with one attached hydrogen (secondary N) is 2. The topological polar surface area (TPSA) is 144 Å². The highest BCUT2D eigenvalue weighted by Crippen LogP contribution is 1.91. The summed E-state index contributed by atoms with van der Waals surface area (Å²) in [6.07, 6.45) is 1.99. The number of nitrogens with zero attached hydrogens (tertiary/aromatic N) is 2. The first-order valence-electron chi connectivity index (χ1n) is 8.16. The normalized spacial score (nSPS) is 11.0. The van der Waals surface area contributed by atoms with E-state index in [0.29, 0.717) is 25.9 Å². The summed E-state index contributed by atoms with van der Waals surface area (Å²) in [5, 5.41) is 20.2. The fourth-order valence-electron chi connectivity index (χ4n) is 1.61. The van der Waals surface area contributed by atoms with Gasteiger partial charge in [-0.25, -0.2) is 10.8 Å². The first-order valence-corrected chi connectivity index (χ1v) is 8.16. The Morgan fingerprint density at radius 1 is 0.815 bits per heavy atom. The van der Waals surface area contributed by atoms with Crippen LogP contribution in [0.2, 0.25) is 0 Å². The SMILES string of the molecule is CC(=O)/C=C(/C)O.CC(=O)C/C(C)=N/CC/N=C(\C)CC(C)=O.N=C=C=N. The quantitative estimate of drug-likeness (QED) is 0.258. The van der Waals surface area contributed by atoms with Gasteiger partial charge in [0.1, 0.15) is 11.6 Å². The molecule has 0 bridgehead atoms. The zero-order chi connectivity index (χ0) is 21.8. The number of carbonyl (C=O) groups is 3. The molecule has 3 N–H and O–H groups in total. The van der Waals surface area contributed by atoms with Gasteiger partial charge >= 0.3 is 0 Å². The maximum atomic E-state index is 10.8. The zero-order valence-corrected chi connectivity index (χ0v) is 17.0. The smallest absolute Gasteiger partial charge is 0.155 e. The lowest BCUT2D eigenvalue weighted by molar-refractivity contribution is -0.116. The lowest BCUT2D eigenvalue weighted by Gasteiger charge is -1.98. The molecule has 8 nitrogen and oxygen atoms in total. The van der Waals surface area contributed by atoms with E-state index in [-0.39, 0.29) is 23.1 Å². The van der Waals surface area contributed by atoms with Crippen LogP contribution in [-0.2, 0) is 14.4 Å². The molecule has 0 saturated carbocycles. The van der Waals surface area contributed by atoms with Crippen molar-refractivity contribution in [1.82, 2.24) is 0 Å². The summed E-state index contributed by atoms with van der Waals surface area (Å²) in [7, 11) is 0. The second kappa shape index (κ2) is 19.4. The van der Waals surface area contributed by atoms with Crippen molar-refractivity contribution in [3.05, 3.63) is 11.8 Å². The van der Waals surface area contributed by atoms with Gasteiger partial charge in [0, 0.05) is 30.3 Å².